The van der Waals surface area contributed by atoms with E-state index in [-0.39, 0.29) is 30.8 Å². The van der Waals surface area contributed by atoms with E-state index in [1.807, 2.05) is 37.3 Å². The van der Waals surface area contributed by atoms with Crippen molar-refractivity contribution in [2.75, 3.05) is 23.7 Å². The van der Waals surface area contributed by atoms with Gasteiger partial charge in [-0.3, -0.25) is 13.9 Å². The van der Waals surface area contributed by atoms with Crippen LogP contribution in [0.2, 0.25) is 5.02 Å². The zero-order chi connectivity index (χ0) is 27.5. The van der Waals surface area contributed by atoms with Crippen LogP contribution >= 0.6 is 11.6 Å². The summed E-state index contributed by atoms with van der Waals surface area (Å²) in [6.45, 7) is 2.51. The summed E-state index contributed by atoms with van der Waals surface area (Å²) in [4.78, 5) is 28.5. The molecule has 0 spiro atoms. The molecule has 3 rings (SSSR count). The molecular weight excluding hydrogens is 522 g/mol. The van der Waals surface area contributed by atoms with Crippen molar-refractivity contribution in [2.24, 2.45) is 0 Å². The molecule has 1 saturated carbocycles. The molecule has 0 unspecified atom stereocenters. The number of nitrogens with one attached hydrogen (secondary N) is 1. The van der Waals surface area contributed by atoms with Crippen LogP contribution in [0.15, 0.2) is 54.6 Å². The summed E-state index contributed by atoms with van der Waals surface area (Å²) in [5.74, 6) is -0.240. The minimum Gasteiger partial charge on any atom is -0.352 e. The van der Waals surface area contributed by atoms with Gasteiger partial charge in [-0.2, -0.15) is 0 Å². The largest absolute Gasteiger partial charge is 0.352 e. The minimum atomic E-state index is -3.54. The fraction of sp³-hybridized carbons (Fsp3) is 0.517. The number of hydrogen-bond acceptors (Lipinski definition) is 4. The second kappa shape index (κ2) is 14.5. The average molecular weight is 562 g/mol. The second-order valence-corrected chi connectivity index (χ2v) is 12.3. The number of carbonyl (C=O) groups is 2. The molecule has 1 fully saturated rings. The number of nitrogens with zero attached hydrogens (tertiary/aromatic N) is 2. The predicted octanol–water partition coefficient (Wildman–Crippen LogP) is 5.19. The topological polar surface area (TPSA) is 86.8 Å². The number of benzene rings is 2. The normalized spacial score (nSPS) is 15.0. The van der Waals surface area contributed by atoms with Crippen LogP contribution in [0, 0.1) is 0 Å². The highest BCUT2D eigenvalue weighted by atomic mass is 35.5. The molecule has 0 bridgehead atoms. The molecule has 9 heteroatoms. The van der Waals surface area contributed by atoms with Crippen LogP contribution in [-0.4, -0.2) is 56.6 Å². The molecule has 208 valence electrons. The summed E-state index contributed by atoms with van der Waals surface area (Å²) in [6.07, 6.45) is 8.16. The first-order chi connectivity index (χ1) is 18.2. The molecular formula is C29H40ClN3O4S. The molecule has 38 heavy (non-hydrogen) atoms. The van der Waals surface area contributed by atoms with Gasteiger partial charge in [0.15, 0.2) is 0 Å². The van der Waals surface area contributed by atoms with Crippen molar-refractivity contribution in [3.8, 4) is 0 Å². The van der Waals surface area contributed by atoms with Gasteiger partial charge in [0.1, 0.15) is 6.04 Å². The number of halogens is 1. The van der Waals surface area contributed by atoms with E-state index >= 15 is 0 Å². The Kier molecular flexibility index (Phi) is 11.5. The standard InChI is InChI=1S/C29H40ClN3O4S/c1-3-27(29(35)31-25-13-8-5-9-14-25)32(22-20-23-11-6-4-7-12-23)28(34)15-10-21-33(38(2,36)37)26-18-16-24(30)17-19-26/h4,6-7,11-12,16-19,25,27H,3,5,8-10,13-15,20-22H2,1-2H3,(H,31,35)/t27-/m1/s1. The maximum absolute atomic E-state index is 13.5. The van der Waals surface area contributed by atoms with Gasteiger partial charge in [0, 0.05) is 30.6 Å². The fourth-order valence-corrected chi connectivity index (χ4v) is 6.14. The van der Waals surface area contributed by atoms with E-state index in [9.17, 15) is 18.0 Å². The quantitative estimate of drug-likeness (QED) is 0.365. The highest BCUT2D eigenvalue weighted by molar-refractivity contribution is 7.92. The van der Waals surface area contributed by atoms with Crippen LogP contribution in [0.5, 0.6) is 0 Å². The molecule has 1 aliphatic rings. The summed E-state index contributed by atoms with van der Waals surface area (Å²) in [5, 5.41) is 3.71. The van der Waals surface area contributed by atoms with Crippen LogP contribution in [0.25, 0.3) is 0 Å². The van der Waals surface area contributed by atoms with Gasteiger partial charge in [-0.1, -0.05) is 68.1 Å². The highest BCUT2D eigenvalue weighted by Gasteiger charge is 2.30. The van der Waals surface area contributed by atoms with Crippen molar-refractivity contribution in [3.63, 3.8) is 0 Å². The van der Waals surface area contributed by atoms with Gasteiger partial charge >= 0.3 is 0 Å². The van der Waals surface area contributed by atoms with E-state index in [4.69, 9.17) is 11.6 Å². The van der Waals surface area contributed by atoms with Gasteiger partial charge in [0.25, 0.3) is 0 Å². The third-order valence-corrected chi connectivity index (χ3v) is 8.53. The van der Waals surface area contributed by atoms with E-state index in [1.165, 1.54) is 10.7 Å². The van der Waals surface area contributed by atoms with Crippen LogP contribution in [0.1, 0.15) is 63.9 Å². The molecule has 0 heterocycles. The Balaban J connectivity index is 1.70. The molecule has 0 radical (unpaired) electrons. The third-order valence-electron chi connectivity index (χ3n) is 7.09. The zero-order valence-electron chi connectivity index (χ0n) is 22.4. The lowest BCUT2D eigenvalue weighted by molar-refractivity contribution is -0.141. The SMILES string of the molecule is CC[C@H](C(=O)NC1CCCCC1)N(CCc1ccccc1)C(=O)CCCN(c1ccc(Cl)cc1)S(C)(=O)=O. The van der Waals surface area contributed by atoms with Crippen LogP contribution in [0.3, 0.4) is 0 Å². The summed E-state index contributed by atoms with van der Waals surface area (Å²) >= 11 is 5.96. The number of sulfonamides is 1. The molecule has 2 amide bonds. The van der Waals surface area contributed by atoms with Gasteiger partial charge < -0.3 is 10.2 Å². The van der Waals surface area contributed by atoms with E-state index in [2.05, 4.69) is 5.32 Å². The van der Waals surface area contributed by atoms with Crippen molar-refractivity contribution in [3.05, 3.63) is 65.2 Å². The predicted molar refractivity (Wildman–Crippen MR) is 154 cm³/mol. The number of hydrogen-bond donors (Lipinski definition) is 1. The van der Waals surface area contributed by atoms with Crippen molar-refractivity contribution < 1.29 is 18.0 Å². The summed E-state index contributed by atoms with van der Waals surface area (Å²) < 4.78 is 26.2. The van der Waals surface area contributed by atoms with Crippen molar-refractivity contribution in [2.45, 2.75) is 76.8 Å². The second-order valence-electron chi connectivity index (χ2n) is 10.0. The average Bonchev–Trinajstić information content (AvgIpc) is 2.90. The molecule has 1 aliphatic carbocycles. The van der Waals surface area contributed by atoms with Gasteiger partial charge in [0.05, 0.1) is 11.9 Å². The lowest BCUT2D eigenvalue weighted by Gasteiger charge is -2.33. The van der Waals surface area contributed by atoms with Crippen molar-refractivity contribution in [1.29, 1.82) is 0 Å². The number of rotatable bonds is 13. The zero-order valence-corrected chi connectivity index (χ0v) is 24.0. The first-order valence-corrected chi connectivity index (χ1v) is 15.8. The molecule has 0 aliphatic heterocycles. The first kappa shape index (κ1) is 30.0. The lowest BCUT2D eigenvalue weighted by Crippen LogP contribution is -2.52. The maximum atomic E-state index is 13.5. The molecule has 7 nitrogen and oxygen atoms in total. The maximum Gasteiger partial charge on any atom is 0.243 e. The van der Waals surface area contributed by atoms with Crippen LogP contribution in [-0.2, 0) is 26.0 Å². The lowest BCUT2D eigenvalue weighted by atomic mass is 9.95. The Morgan fingerprint density at radius 3 is 2.26 bits per heavy atom. The Labute approximate surface area is 232 Å². The molecule has 2 aromatic carbocycles. The molecule has 1 atom stereocenters. The number of amides is 2. The van der Waals surface area contributed by atoms with Crippen molar-refractivity contribution in [1.82, 2.24) is 10.2 Å². The Morgan fingerprint density at radius 1 is 1.00 bits per heavy atom. The summed E-state index contributed by atoms with van der Waals surface area (Å²) in [7, 11) is -3.54. The molecule has 0 aromatic heterocycles. The smallest absolute Gasteiger partial charge is 0.243 e. The van der Waals surface area contributed by atoms with Crippen LogP contribution in [0.4, 0.5) is 5.69 Å². The summed E-state index contributed by atoms with van der Waals surface area (Å²) in [5.41, 5.74) is 1.60. The first-order valence-electron chi connectivity index (χ1n) is 13.6. The number of carbonyl (C=O) groups excluding carboxylic acids is 2. The van der Waals surface area contributed by atoms with Gasteiger partial charge in [-0.05, 0) is 61.9 Å². The highest BCUT2D eigenvalue weighted by Crippen LogP contribution is 2.22. The van der Waals surface area contributed by atoms with Gasteiger partial charge in [-0.25, -0.2) is 8.42 Å². The number of anilines is 1. The molecule has 1 N–H and O–H groups in total. The van der Waals surface area contributed by atoms with Gasteiger partial charge in [-0.15, -0.1) is 0 Å². The van der Waals surface area contributed by atoms with E-state index in [0.717, 1.165) is 37.5 Å². The van der Waals surface area contributed by atoms with E-state index in [1.54, 1.807) is 29.2 Å². The minimum absolute atomic E-state index is 0.0975. The monoisotopic (exact) mass is 561 g/mol. The fourth-order valence-electron chi connectivity index (χ4n) is 5.05. The van der Waals surface area contributed by atoms with E-state index < -0.39 is 16.1 Å². The Morgan fingerprint density at radius 2 is 1.66 bits per heavy atom. The van der Waals surface area contributed by atoms with Crippen LogP contribution < -0.4 is 9.62 Å². The van der Waals surface area contributed by atoms with E-state index in [0.29, 0.717) is 36.5 Å². The molecule has 0 saturated heterocycles. The third kappa shape index (κ3) is 9.02. The molecule has 2 aromatic rings. The Bertz CT molecular complexity index is 1140. The van der Waals surface area contributed by atoms with Crippen molar-refractivity contribution >= 4 is 39.1 Å². The Hall–Kier alpha value is -2.58. The van der Waals surface area contributed by atoms with Gasteiger partial charge in [0.2, 0.25) is 21.8 Å². The summed E-state index contributed by atoms with van der Waals surface area (Å²) in [6, 6.07) is 16.1.